The lowest BCUT2D eigenvalue weighted by Crippen LogP contribution is -2.01. The van der Waals surface area contributed by atoms with Gasteiger partial charge in [-0.3, -0.25) is 29.5 Å². The van der Waals surface area contributed by atoms with Crippen molar-refractivity contribution < 1.29 is 23.6 Å². The molecule has 0 bridgehead atoms. The quantitative estimate of drug-likeness (QED) is 0.123. The zero-order valence-electron chi connectivity index (χ0n) is 52.6. The minimum Gasteiger partial charge on any atom is -0.461 e. The van der Waals surface area contributed by atoms with Gasteiger partial charge in [0.05, 0.1) is 0 Å². The number of aromatic nitrogens is 4. The third-order valence-corrected chi connectivity index (χ3v) is 7.87. The van der Waals surface area contributed by atoms with E-state index in [9.17, 15) is 19.2 Å². The number of furan rings is 1. The van der Waals surface area contributed by atoms with Crippen molar-refractivity contribution in [3.8, 4) is 21.8 Å². The van der Waals surface area contributed by atoms with Crippen LogP contribution >= 0.6 is 11.3 Å². The van der Waals surface area contributed by atoms with E-state index >= 15 is 0 Å². The Morgan fingerprint density at radius 3 is 0.893 bits per heavy atom. The first-order valence-corrected chi connectivity index (χ1v) is 28.7. The van der Waals surface area contributed by atoms with Gasteiger partial charge in [0.2, 0.25) is 0 Å². The first-order valence-electron chi connectivity index (χ1n) is 27.9. The molecule has 0 aromatic carbocycles. The predicted molar refractivity (Wildman–Crippen MR) is 339 cm³/mol. The van der Waals surface area contributed by atoms with Crippen LogP contribution in [-0.4, -0.2) is 43.1 Å². The molecule has 6 aromatic heterocycles. The standard InChI is InChI=1S/2C10H11NO2.C10H9NO.C10H9NS.12C2H6.CH4/c2*1-8(12)2-3-10(13)9-4-6-11-7-5-9;2*1-8-2-3-10(12-8)9-4-6-11-7-5-9;12*1-2;/h2*4-7H,2-3H2,1H3;2*2-7H,1H3;12*1-2H3;1H4. The molecule has 0 aliphatic heterocycles. The Morgan fingerprint density at radius 2 is 0.653 bits per heavy atom. The van der Waals surface area contributed by atoms with Gasteiger partial charge in [-0.15, -0.1) is 11.3 Å². The van der Waals surface area contributed by atoms with Crippen molar-refractivity contribution in [3.63, 3.8) is 0 Å². The molecule has 9 nitrogen and oxygen atoms in total. The maximum Gasteiger partial charge on any atom is 0.163 e. The summed E-state index contributed by atoms with van der Waals surface area (Å²) in [6, 6.07) is 22.7. The van der Waals surface area contributed by atoms with Crippen LogP contribution in [0.25, 0.3) is 21.8 Å². The summed E-state index contributed by atoms with van der Waals surface area (Å²) in [5.74, 6) is 1.91. The minimum absolute atomic E-state index is 0. The molecule has 0 unspecified atom stereocenters. The van der Waals surface area contributed by atoms with E-state index in [0.717, 1.165) is 17.1 Å². The van der Waals surface area contributed by atoms with E-state index in [1.54, 1.807) is 61.4 Å². The van der Waals surface area contributed by atoms with Gasteiger partial charge >= 0.3 is 0 Å². The number of carbonyl (C=O) groups is 4. The van der Waals surface area contributed by atoms with Crippen molar-refractivity contribution in [2.45, 2.75) is 227 Å². The summed E-state index contributed by atoms with van der Waals surface area (Å²) >= 11 is 1.81. The van der Waals surface area contributed by atoms with Crippen LogP contribution in [0, 0.1) is 13.8 Å². The largest absolute Gasteiger partial charge is 0.461 e. The topological polar surface area (TPSA) is 133 Å². The van der Waals surface area contributed by atoms with Crippen LogP contribution in [0.5, 0.6) is 0 Å². The summed E-state index contributed by atoms with van der Waals surface area (Å²) in [6.07, 6.45) is 14.7. The molecule has 0 saturated heterocycles. The molecule has 0 saturated carbocycles. The normalized spacial score (nSPS) is 7.52. The lowest BCUT2D eigenvalue weighted by Gasteiger charge is -1.97. The van der Waals surface area contributed by atoms with Gasteiger partial charge in [0.15, 0.2) is 11.6 Å². The Balaban J connectivity index is -0.0000000709. The summed E-state index contributed by atoms with van der Waals surface area (Å²) in [5.41, 5.74) is 3.56. The number of thiophene rings is 1. The Hall–Kier alpha value is -5.74. The molecule has 75 heavy (non-hydrogen) atoms. The second kappa shape index (κ2) is 85.0. The molecule has 0 N–H and O–H groups in total. The number of aryl methyl sites for hydroxylation is 2. The average molecular weight is 1070 g/mol. The maximum absolute atomic E-state index is 11.4. The van der Waals surface area contributed by atoms with Crippen LogP contribution in [0.3, 0.4) is 0 Å². The second-order valence-electron chi connectivity index (χ2n) is 11.0. The fourth-order valence-electron chi connectivity index (χ4n) is 4.16. The second-order valence-corrected chi connectivity index (χ2v) is 12.3. The van der Waals surface area contributed by atoms with Gasteiger partial charge in [-0.05, 0) is 106 Å². The van der Waals surface area contributed by atoms with Crippen molar-refractivity contribution >= 4 is 34.5 Å². The highest BCUT2D eigenvalue weighted by molar-refractivity contribution is 7.15. The number of Topliss-reactive ketones (excluding diaryl/α,β-unsaturated/α-hetero) is 4. The zero-order chi connectivity index (χ0) is 60.1. The van der Waals surface area contributed by atoms with Crippen molar-refractivity contribution in [3.05, 3.63) is 144 Å². The molecular weight excluding hydrogens is 949 g/mol. The molecule has 0 radical (unpaired) electrons. The van der Waals surface area contributed by atoms with Crippen LogP contribution in [0.2, 0.25) is 0 Å². The lowest BCUT2D eigenvalue weighted by molar-refractivity contribution is -0.117. The van der Waals surface area contributed by atoms with Gasteiger partial charge < -0.3 is 14.0 Å². The maximum atomic E-state index is 11.4. The molecule has 432 valence electrons. The van der Waals surface area contributed by atoms with E-state index in [2.05, 4.69) is 39.0 Å². The summed E-state index contributed by atoms with van der Waals surface area (Å²) in [4.78, 5) is 62.2. The average Bonchev–Trinajstić information content (AvgIpc) is 4.17. The van der Waals surface area contributed by atoms with Crippen LogP contribution in [0.1, 0.15) is 244 Å². The van der Waals surface area contributed by atoms with E-state index in [-0.39, 0.29) is 30.6 Å². The summed E-state index contributed by atoms with van der Waals surface area (Å²) < 4.78 is 5.44. The van der Waals surface area contributed by atoms with Gasteiger partial charge in [0.1, 0.15) is 23.1 Å². The van der Waals surface area contributed by atoms with Crippen molar-refractivity contribution in [2.75, 3.05) is 0 Å². The van der Waals surface area contributed by atoms with Crippen molar-refractivity contribution in [2.24, 2.45) is 0 Å². The first kappa shape index (κ1) is 95.1. The van der Waals surface area contributed by atoms with Gasteiger partial charge in [0, 0.05) is 102 Å². The van der Waals surface area contributed by atoms with Crippen LogP contribution < -0.4 is 0 Å². The van der Waals surface area contributed by atoms with E-state index in [4.69, 9.17) is 4.42 Å². The third kappa shape index (κ3) is 60.7. The molecule has 0 spiro atoms. The van der Waals surface area contributed by atoms with Gasteiger partial charge in [0.25, 0.3) is 0 Å². The molecule has 0 aliphatic carbocycles. The molecule has 0 fully saturated rings. The van der Waals surface area contributed by atoms with E-state index in [1.807, 2.05) is 233 Å². The highest BCUT2D eigenvalue weighted by Gasteiger charge is 2.07. The van der Waals surface area contributed by atoms with E-state index in [1.165, 1.54) is 29.2 Å². The summed E-state index contributed by atoms with van der Waals surface area (Å²) in [7, 11) is 0. The Kier molecular flexibility index (Phi) is 108. The molecule has 0 amide bonds. The molecule has 0 atom stereocenters. The number of carbonyl (C=O) groups excluding carboxylic acids is 4. The molecule has 0 aliphatic rings. The molecule has 6 aromatic rings. The highest BCUT2D eigenvalue weighted by Crippen LogP contribution is 2.26. The first-order chi connectivity index (χ1) is 36.1. The number of rotatable bonds is 10. The van der Waals surface area contributed by atoms with Gasteiger partial charge in [-0.1, -0.05) is 174 Å². The fraction of sp³-hybridized carbons (Fsp3) is 0.508. The molecule has 10 heteroatoms. The Morgan fingerprint density at radius 1 is 0.373 bits per heavy atom. The molecular formula is C65H116N4O5S. The summed E-state index contributed by atoms with van der Waals surface area (Å²) in [6.45, 7) is 55.0. The number of nitrogens with zero attached hydrogens (tertiary/aromatic N) is 4. The fourth-order valence-corrected chi connectivity index (χ4v) is 5.03. The number of ketones is 4. The SMILES string of the molecule is C.CC.CC.CC.CC.CC.CC.CC.CC.CC.CC.CC.CC.CC(=O)CCC(=O)c1ccncc1.CC(=O)CCC(=O)c1ccncc1.Cc1ccc(-c2ccncc2)o1.Cc1ccc(-c2ccncc2)s1. The number of hydrogen-bond acceptors (Lipinski definition) is 10. The smallest absolute Gasteiger partial charge is 0.163 e. The van der Waals surface area contributed by atoms with E-state index < -0.39 is 0 Å². The van der Waals surface area contributed by atoms with Crippen LogP contribution in [0.4, 0.5) is 0 Å². The van der Waals surface area contributed by atoms with Crippen molar-refractivity contribution in [1.29, 1.82) is 0 Å². The third-order valence-electron chi connectivity index (χ3n) is 6.82. The summed E-state index contributed by atoms with van der Waals surface area (Å²) in [5, 5.41) is 0. The highest BCUT2D eigenvalue weighted by atomic mass is 32.1. The number of pyridine rings is 4. The monoisotopic (exact) mass is 1060 g/mol. The molecule has 6 heterocycles. The van der Waals surface area contributed by atoms with E-state index in [0.29, 0.717) is 36.8 Å². The van der Waals surface area contributed by atoms with Crippen LogP contribution in [0.15, 0.2) is 127 Å². The molecule has 6 rings (SSSR count). The lowest BCUT2D eigenvalue weighted by atomic mass is 10.1. The van der Waals surface area contributed by atoms with Crippen LogP contribution in [-0.2, 0) is 9.59 Å². The Bertz CT molecular complexity index is 1770. The zero-order valence-corrected chi connectivity index (χ0v) is 53.4. The Labute approximate surface area is 468 Å². The minimum atomic E-state index is -0.00222. The number of hydrogen-bond donors (Lipinski definition) is 0. The van der Waals surface area contributed by atoms with Gasteiger partial charge in [-0.2, -0.15) is 0 Å². The predicted octanol–water partition coefficient (Wildman–Crippen LogP) is 22.0. The van der Waals surface area contributed by atoms with Crippen molar-refractivity contribution in [1.82, 2.24) is 19.9 Å². The van der Waals surface area contributed by atoms with Gasteiger partial charge in [-0.25, -0.2) is 0 Å².